The summed E-state index contributed by atoms with van der Waals surface area (Å²) in [7, 11) is 0. The molecule has 0 radical (unpaired) electrons. The summed E-state index contributed by atoms with van der Waals surface area (Å²) in [6.45, 7) is 0. The molecule has 2 aromatic rings. The Kier molecular flexibility index (Phi) is 2.87. The van der Waals surface area contributed by atoms with Crippen LogP contribution in [0.5, 0.6) is 0 Å². The normalized spacial score (nSPS) is 10.4. The highest BCUT2D eigenvalue weighted by Gasteiger charge is 2.16. The second-order valence-corrected chi connectivity index (χ2v) is 4.01. The van der Waals surface area contributed by atoms with Crippen molar-refractivity contribution < 1.29 is 8.78 Å². The van der Waals surface area contributed by atoms with Crippen molar-refractivity contribution in [1.29, 1.82) is 0 Å². The van der Waals surface area contributed by atoms with Crippen molar-refractivity contribution >= 4 is 21.7 Å². The molecule has 16 heavy (non-hydrogen) atoms. The summed E-state index contributed by atoms with van der Waals surface area (Å²) in [5.41, 5.74) is 5.66. The van der Waals surface area contributed by atoms with E-state index >= 15 is 0 Å². The molecule has 0 aliphatic carbocycles. The lowest BCUT2D eigenvalue weighted by Crippen LogP contribution is -1.97. The van der Waals surface area contributed by atoms with Crippen LogP contribution in [-0.4, -0.2) is 4.98 Å². The number of anilines is 1. The molecule has 1 aromatic heterocycles. The van der Waals surface area contributed by atoms with Gasteiger partial charge in [-0.1, -0.05) is 0 Å². The third-order valence-corrected chi connectivity index (χ3v) is 2.76. The molecule has 0 unspecified atom stereocenters. The van der Waals surface area contributed by atoms with E-state index in [-0.39, 0.29) is 21.4 Å². The summed E-state index contributed by atoms with van der Waals surface area (Å²) >= 11 is 3.00. The predicted octanol–water partition coefficient (Wildman–Crippen LogP) is 3.37. The fourth-order valence-electron chi connectivity index (χ4n) is 1.40. The van der Waals surface area contributed by atoms with Gasteiger partial charge in [0.2, 0.25) is 0 Å². The fraction of sp³-hybridized carbons (Fsp3) is 0. The first-order valence-electron chi connectivity index (χ1n) is 4.45. The quantitative estimate of drug-likeness (QED) is 0.816. The molecule has 0 amide bonds. The van der Waals surface area contributed by atoms with Crippen molar-refractivity contribution in [3.8, 4) is 11.1 Å². The molecular weight excluding hydrogens is 278 g/mol. The number of aromatic nitrogens is 1. The minimum atomic E-state index is -0.681. The van der Waals surface area contributed by atoms with Crippen molar-refractivity contribution in [3.05, 3.63) is 46.6 Å². The molecule has 0 fully saturated rings. The van der Waals surface area contributed by atoms with Gasteiger partial charge in [-0.2, -0.15) is 0 Å². The minimum Gasteiger partial charge on any atom is -0.383 e. The Morgan fingerprint density at radius 3 is 2.62 bits per heavy atom. The topological polar surface area (TPSA) is 38.9 Å². The number of benzene rings is 1. The summed E-state index contributed by atoms with van der Waals surface area (Å²) in [5, 5.41) is 0. The fourth-order valence-corrected chi connectivity index (χ4v) is 1.73. The van der Waals surface area contributed by atoms with E-state index in [9.17, 15) is 8.78 Å². The Hall–Kier alpha value is -1.49. The van der Waals surface area contributed by atoms with Gasteiger partial charge in [-0.3, -0.25) is 0 Å². The zero-order chi connectivity index (χ0) is 11.7. The van der Waals surface area contributed by atoms with Crippen LogP contribution in [0.2, 0.25) is 0 Å². The Morgan fingerprint density at radius 1 is 1.19 bits per heavy atom. The summed E-state index contributed by atoms with van der Waals surface area (Å²) in [6.07, 6.45) is 1.46. The molecule has 0 aliphatic heterocycles. The van der Waals surface area contributed by atoms with Crippen molar-refractivity contribution in [3.63, 3.8) is 0 Å². The lowest BCUT2D eigenvalue weighted by molar-refractivity contribution is 0.585. The van der Waals surface area contributed by atoms with Crippen LogP contribution < -0.4 is 5.73 Å². The molecule has 0 bridgehead atoms. The molecule has 2 rings (SSSR count). The van der Waals surface area contributed by atoms with E-state index in [2.05, 4.69) is 20.9 Å². The van der Waals surface area contributed by atoms with Gasteiger partial charge < -0.3 is 5.73 Å². The number of pyridine rings is 1. The van der Waals surface area contributed by atoms with Crippen LogP contribution >= 0.6 is 15.9 Å². The molecule has 0 spiro atoms. The second kappa shape index (κ2) is 4.17. The number of rotatable bonds is 1. The first-order chi connectivity index (χ1) is 7.61. The van der Waals surface area contributed by atoms with E-state index in [0.29, 0.717) is 0 Å². The standard InChI is InChI=1S/C11H7BrF2N2/c12-7-3-4-8(13)9(10(7)14)6-2-1-5-16-11(6)15/h1-5H,(H2,15,16). The van der Waals surface area contributed by atoms with Crippen molar-refractivity contribution in [2.24, 2.45) is 0 Å². The minimum absolute atomic E-state index is 0.0957. The largest absolute Gasteiger partial charge is 0.383 e. The van der Waals surface area contributed by atoms with Crippen LogP contribution in [-0.2, 0) is 0 Å². The van der Waals surface area contributed by atoms with Gasteiger partial charge in [-0.25, -0.2) is 13.8 Å². The number of halogens is 3. The van der Waals surface area contributed by atoms with E-state index in [1.807, 2.05) is 0 Å². The number of hydrogen-bond acceptors (Lipinski definition) is 2. The van der Waals surface area contributed by atoms with Gasteiger partial charge in [0.15, 0.2) is 0 Å². The maximum Gasteiger partial charge on any atom is 0.148 e. The molecule has 82 valence electrons. The van der Waals surface area contributed by atoms with Gasteiger partial charge in [-0.05, 0) is 40.2 Å². The van der Waals surface area contributed by atoms with Crippen molar-refractivity contribution in [2.45, 2.75) is 0 Å². The van der Waals surface area contributed by atoms with Gasteiger partial charge in [-0.15, -0.1) is 0 Å². The van der Waals surface area contributed by atoms with Gasteiger partial charge in [0.05, 0.1) is 10.0 Å². The van der Waals surface area contributed by atoms with Crippen molar-refractivity contribution in [2.75, 3.05) is 5.73 Å². The zero-order valence-corrected chi connectivity index (χ0v) is 9.63. The Labute approximate surface area is 99.2 Å². The Balaban J connectivity index is 2.74. The van der Waals surface area contributed by atoms with Gasteiger partial charge >= 0.3 is 0 Å². The summed E-state index contributed by atoms with van der Waals surface area (Å²) < 4.78 is 27.5. The maximum absolute atomic E-state index is 13.8. The third kappa shape index (κ3) is 1.78. The highest BCUT2D eigenvalue weighted by molar-refractivity contribution is 9.10. The number of nitrogen functional groups attached to an aromatic ring is 1. The van der Waals surface area contributed by atoms with Crippen LogP contribution in [0.3, 0.4) is 0 Å². The van der Waals surface area contributed by atoms with Gasteiger partial charge in [0.25, 0.3) is 0 Å². The highest BCUT2D eigenvalue weighted by atomic mass is 79.9. The first kappa shape index (κ1) is 11.0. The molecule has 0 atom stereocenters. The van der Waals surface area contributed by atoms with Crippen LogP contribution in [0.4, 0.5) is 14.6 Å². The van der Waals surface area contributed by atoms with E-state index in [1.54, 1.807) is 6.07 Å². The average molecular weight is 285 g/mol. The summed E-state index contributed by atoms with van der Waals surface area (Å²) in [4.78, 5) is 3.80. The molecule has 5 heteroatoms. The smallest absolute Gasteiger partial charge is 0.148 e. The lowest BCUT2D eigenvalue weighted by Gasteiger charge is -2.08. The molecule has 1 aromatic carbocycles. The summed E-state index contributed by atoms with van der Waals surface area (Å²) in [6, 6.07) is 5.58. The molecule has 0 saturated heterocycles. The molecule has 2 nitrogen and oxygen atoms in total. The van der Waals surface area contributed by atoms with Gasteiger partial charge in [0, 0.05) is 11.8 Å². The van der Waals surface area contributed by atoms with Crippen LogP contribution in [0.15, 0.2) is 34.9 Å². The Bertz CT molecular complexity index is 544. The zero-order valence-electron chi connectivity index (χ0n) is 8.05. The van der Waals surface area contributed by atoms with Gasteiger partial charge in [0.1, 0.15) is 17.5 Å². The SMILES string of the molecule is Nc1ncccc1-c1c(F)ccc(Br)c1F. The van der Waals surface area contributed by atoms with E-state index < -0.39 is 11.6 Å². The third-order valence-electron chi connectivity index (χ3n) is 2.15. The molecule has 0 saturated carbocycles. The van der Waals surface area contributed by atoms with Crippen LogP contribution in [0.1, 0.15) is 0 Å². The van der Waals surface area contributed by atoms with E-state index in [0.717, 1.165) is 0 Å². The molecule has 2 N–H and O–H groups in total. The van der Waals surface area contributed by atoms with Crippen LogP contribution in [0.25, 0.3) is 11.1 Å². The molecule has 1 heterocycles. The summed E-state index contributed by atoms with van der Waals surface area (Å²) in [5.74, 6) is -1.25. The number of nitrogens with two attached hydrogens (primary N) is 1. The number of nitrogens with zero attached hydrogens (tertiary/aromatic N) is 1. The predicted molar refractivity (Wildman–Crippen MR) is 61.7 cm³/mol. The lowest BCUT2D eigenvalue weighted by atomic mass is 10.1. The molecular formula is C11H7BrF2N2. The maximum atomic E-state index is 13.8. The molecule has 0 aliphatic rings. The Morgan fingerprint density at radius 2 is 1.94 bits per heavy atom. The van der Waals surface area contributed by atoms with E-state index in [4.69, 9.17) is 5.73 Å². The second-order valence-electron chi connectivity index (χ2n) is 3.15. The van der Waals surface area contributed by atoms with Crippen molar-refractivity contribution in [1.82, 2.24) is 4.98 Å². The highest BCUT2D eigenvalue weighted by Crippen LogP contribution is 2.32. The van der Waals surface area contributed by atoms with E-state index in [1.165, 1.54) is 24.4 Å². The monoisotopic (exact) mass is 284 g/mol. The first-order valence-corrected chi connectivity index (χ1v) is 5.25. The number of hydrogen-bond donors (Lipinski definition) is 1. The van der Waals surface area contributed by atoms with Crippen LogP contribution in [0, 0.1) is 11.6 Å². The average Bonchev–Trinajstić information content (AvgIpc) is 2.27.